The molecule has 0 aromatic carbocycles. The maximum absolute atomic E-state index is 12.6. The minimum Gasteiger partial charge on any atom is -0.374 e. The van der Waals surface area contributed by atoms with E-state index in [0.717, 1.165) is 38.8 Å². The van der Waals surface area contributed by atoms with Crippen molar-refractivity contribution in [3.63, 3.8) is 0 Å². The number of rotatable bonds is 6. The Morgan fingerprint density at radius 2 is 2.05 bits per heavy atom. The molecular formula is C17H32N2O2. The number of carbonyl (C=O) groups is 1. The molecule has 4 nitrogen and oxygen atoms in total. The van der Waals surface area contributed by atoms with Crippen LogP contribution in [0.2, 0.25) is 0 Å². The van der Waals surface area contributed by atoms with Crippen LogP contribution in [0.25, 0.3) is 0 Å². The van der Waals surface area contributed by atoms with Crippen molar-refractivity contribution in [1.82, 2.24) is 4.90 Å². The first-order valence-electron chi connectivity index (χ1n) is 8.74. The molecule has 1 heterocycles. The van der Waals surface area contributed by atoms with E-state index in [0.29, 0.717) is 42.9 Å². The third-order valence-corrected chi connectivity index (χ3v) is 5.26. The quantitative estimate of drug-likeness (QED) is 0.819. The Labute approximate surface area is 129 Å². The lowest BCUT2D eigenvalue weighted by atomic mass is 9.87. The fraction of sp³-hybridized carbons (Fsp3) is 0.941. The van der Waals surface area contributed by atoms with Crippen LogP contribution in [0.15, 0.2) is 0 Å². The van der Waals surface area contributed by atoms with Crippen molar-refractivity contribution in [3.05, 3.63) is 0 Å². The number of nitrogens with two attached hydrogens (primary N) is 1. The van der Waals surface area contributed by atoms with Crippen molar-refractivity contribution in [3.8, 4) is 0 Å². The molecule has 0 bridgehead atoms. The second kappa shape index (κ2) is 8.14. The first-order valence-corrected chi connectivity index (χ1v) is 8.74. The first kappa shape index (κ1) is 16.8. The van der Waals surface area contributed by atoms with E-state index in [2.05, 4.69) is 18.7 Å². The second-order valence-corrected chi connectivity index (χ2v) is 6.97. The van der Waals surface area contributed by atoms with Gasteiger partial charge in [-0.05, 0) is 44.1 Å². The third kappa shape index (κ3) is 4.43. The van der Waals surface area contributed by atoms with Gasteiger partial charge in [0.05, 0.1) is 18.8 Å². The predicted octanol–water partition coefficient (Wildman–Crippen LogP) is 2.56. The van der Waals surface area contributed by atoms with E-state index < -0.39 is 0 Å². The van der Waals surface area contributed by atoms with E-state index in [1.165, 1.54) is 12.8 Å². The molecule has 1 saturated carbocycles. The Morgan fingerprint density at radius 1 is 1.29 bits per heavy atom. The molecule has 1 saturated heterocycles. The molecule has 1 aliphatic heterocycles. The van der Waals surface area contributed by atoms with Gasteiger partial charge in [0, 0.05) is 13.0 Å². The van der Waals surface area contributed by atoms with Crippen LogP contribution in [0, 0.1) is 11.8 Å². The minimum atomic E-state index is 0.293. The number of ether oxygens (including phenoxy) is 1. The van der Waals surface area contributed by atoms with Gasteiger partial charge in [-0.25, -0.2) is 0 Å². The molecule has 3 unspecified atom stereocenters. The summed E-state index contributed by atoms with van der Waals surface area (Å²) in [6.45, 7) is 6.68. The first-order chi connectivity index (χ1) is 10.1. The van der Waals surface area contributed by atoms with E-state index >= 15 is 0 Å². The van der Waals surface area contributed by atoms with Crippen LogP contribution < -0.4 is 5.73 Å². The minimum absolute atomic E-state index is 0.293. The van der Waals surface area contributed by atoms with Gasteiger partial charge in [-0.1, -0.05) is 26.7 Å². The van der Waals surface area contributed by atoms with Crippen LogP contribution >= 0.6 is 0 Å². The Kier molecular flexibility index (Phi) is 6.49. The average molecular weight is 296 g/mol. The third-order valence-electron chi connectivity index (χ3n) is 5.26. The predicted molar refractivity (Wildman–Crippen MR) is 84.9 cm³/mol. The summed E-state index contributed by atoms with van der Waals surface area (Å²) >= 11 is 0. The van der Waals surface area contributed by atoms with E-state index in [1.54, 1.807) is 0 Å². The molecule has 2 rings (SSSR count). The number of fused-ring (bicyclic) bond motifs is 1. The molecule has 3 atom stereocenters. The van der Waals surface area contributed by atoms with Gasteiger partial charge < -0.3 is 15.4 Å². The summed E-state index contributed by atoms with van der Waals surface area (Å²) in [5, 5.41) is 0. The number of hydrogen-bond donors (Lipinski definition) is 1. The molecular weight excluding hydrogens is 264 g/mol. The van der Waals surface area contributed by atoms with Gasteiger partial charge in [0.15, 0.2) is 0 Å². The standard InChI is InChI=1S/C17H32N2O2/c1-13(2)14(9-10-18)7-8-17(20)19-11-12-21-16-6-4-3-5-15(16)19/h13-16H,3-12,18H2,1-2H3. The zero-order valence-corrected chi connectivity index (χ0v) is 13.7. The van der Waals surface area contributed by atoms with Gasteiger partial charge in [0.25, 0.3) is 0 Å². The number of morpholine rings is 1. The number of amides is 1. The molecule has 4 heteroatoms. The zero-order valence-electron chi connectivity index (χ0n) is 13.7. The normalized spacial score (nSPS) is 27.5. The second-order valence-electron chi connectivity index (χ2n) is 6.97. The molecule has 0 aromatic rings. The molecule has 0 aromatic heterocycles. The maximum Gasteiger partial charge on any atom is 0.222 e. The lowest BCUT2D eigenvalue weighted by Crippen LogP contribution is -2.54. The number of carbonyl (C=O) groups excluding carboxylic acids is 1. The van der Waals surface area contributed by atoms with Crippen LogP contribution in [0.4, 0.5) is 0 Å². The molecule has 21 heavy (non-hydrogen) atoms. The smallest absolute Gasteiger partial charge is 0.222 e. The molecule has 1 aliphatic carbocycles. The van der Waals surface area contributed by atoms with Crippen molar-refractivity contribution in [1.29, 1.82) is 0 Å². The van der Waals surface area contributed by atoms with Gasteiger partial charge in [-0.15, -0.1) is 0 Å². The largest absolute Gasteiger partial charge is 0.374 e. The summed E-state index contributed by atoms with van der Waals surface area (Å²) in [4.78, 5) is 14.7. The topological polar surface area (TPSA) is 55.6 Å². The maximum atomic E-state index is 12.6. The number of hydrogen-bond acceptors (Lipinski definition) is 3. The van der Waals surface area contributed by atoms with E-state index in [1.807, 2.05) is 0 Å². The van der Waals surface area contributed by atoms with Crippen molar-refractivity contribution in [2.24, 2.45) is 17.6 Å². The van der Waals surface area contributed by atoms with Crippen LogP contribution in [0.5, 0.6) is 0 Å². The highest BCUT2D eigenvalue weighted by Crippen LogP contribution is 2.29. The summed E-state index contributed by atoms with van der Waals surface area (Å²) < 4.78 is 5.85. The van der Waals surface area contributed by atoms with Gasteiger partial charge in [-0.2, -0.15) is 0 Å². The summed E-state index contributed by atoms with van der Waals surface area (Å²) in [6, 6.07) is 0.340. The molecule has 122 valence electrons. The van der Waals surface area contributed by atoms with E-state index in [4.69, 9.17) is 10.5 Å². The molecule has 2 aliphatic rings. The number of nitrogens with zero attached hydrogens (tertiary/aromatic N) is 1. The average Bonchev–Trinajstić information content (AvgIpc) is 2.50. The fourth-order valence-corrected chi connectivity index (χ4v) is 3.88. The Hall–Kier alpha value is -0.610. The monoisotopic (exact) mass is 296 g/mol. The van der Waals surface area contributed by atoms with Gasteiger partial charge >= 0.3 is 0 Å². The van der Waals surface area contributed by atoms with Crippen molar-refractivity contribution < 1.29 is 9.53 Å². The van der Waals surface area contributed by atoms with Crippen LogP contribution in [-0.2, 0) is 9.53 Å². The van der Waals surface area contributed by atoms with Gasteiger partial charge in [0.1, 0.15) is 0 Å². The summed E-state index contributed by atoms with van der Waals surface area (Å²) in [5.74, 6) is 1.51. The van der Waals surface area contributed by atoms with Crippen molar-refractivity contribution >= 4 is 5.91 Å². The lowest BCUT2D eigenvalue weighted by Gasteiger charge is -2.44. The summed E-state index contributed by atoms with van der Waals surface area (Å²) in [5.41, 5.74) is 5.69. The lowest BCUT2D eigenvalue weighted by molar-refractivity contribution is -0.149. The zero-order chi connectivity index (χ0) is 15.2. The van der Waals surface area contributed by atoms with E-state index in [9.17, 15) is 4.79 Å². The molecule has 1 amide bonds. The van der Waals surface area contributed by atoms with Gasteiger partial charge in [0.2, 0.25) is 5.91 Å². The van der Waals surface area contributed by atoms with Gasteiger partial charge in [-0.3, -0.25) is 4.79 Å². The molecule has 2 fully saturated rings. The summed E-state index contributed by atoms with van der Waals surface area (Å²) in [7, 11) is 0. The molecule has 0 spiro atoms. The Balaban J connectivity index is 1.86. The summed E-state index contributed by atoms with van der Waals surface area (Å²) in [6.07, 6.45) is 7.68. The van der Waals surface area contributed by atoms with Crippen LogP contribution in [0.1, 0.15) is 58.8 Å². The molecule has 2 N–H and O–H groups in total. The highest BCUT2D eigenvalue weighted by Gasteiger charge is 2.36. The molecule has 0 radical (unpaired) electrons. The van der Waals surface area contributed by atoms with Crippen LogP contribution in [0.3, 0.4) is 0 Å². The van der Waals surface area contributed by atoms with Crippen LogP contribution in [-0.4, -0.2) is 42.6 Å². The van der Waals surface area contributed by atoms with Crippen molar-refractivity contribution in [2.45, 2.75) is 70.9 Å². The SMILES string of the molecule is CC(C)C(CCN)CCC(=O)N1CCOC2CCCCC21. The fourth-order valence-electron chi connectivity index (χ4n) is 3.88. The van der Waals surface area contributed by atoms with Crippen molar-refractivity contribution in [2.75, 3.05) is 19.7 Å². The Bertz CT molecular complexity index is 331. The highest BCUT2D eigenvalue weighted by atomic mass is 16.5. The Morgan fingerprint density at radius 3 is 2.76 bits per heavy atom. The highest BCUT2D eigenvalue weighted by molar-refractivity contribution is 5.76. The van der Waals surface area contributed by atoms with E-state index in [-0.39, 0.29) is 0 Å².